The fraction of sp³-hybridized carbons (Fsp3) is 0.588. The standard InChI is InChI=1S/C17H25NO3/c1-13-4-5-14(2)16(12-13)21-11-8-17(19)18-9-6-15(20-3)7-10-18/h4-5,12,15H,6-11H2,1-3H3. The molecule has 4 heteroatoms. The molecule has 21 heavy (non-hydrogen) atoms. The van der Waals surface area contributed by atoms with E-state index in [-0.39, 0.29) is 5.91 Å². The highest BCUT2D eigenvalue weighted by atomic mass is 16.5. The van der Waals surface area contributed by atoms with E-state index in [1.807, 2.05) is 30.9 Å². The highest BCUT2D eigenvalue weighted by Gasteiger charge is 2.22. The van der Waals surface area contributed by atoms with Crippen LogP contribution in [0.4, 0.5) is 0 Å². The summed E-state index contributed by atoms with van der Waals surface area (Å²) >= 11 is 0. The molecule has 0 aromatic heterocycles. The van der Waals surface area contributed by atoms with E-state index in [9.17, 15) is 4.79 Å². The number of ether oxygens (including phenoxy) is 2. The first kappa shape index (κ1) is 15.8. The van der Waals surface area contributed by atoms with Crippen molar-refractivity contribution in [2.24, 2.45) is 0 Å². The summed E-state index contributed by atoms with van der Waals surface area (Å²) in [5, 5.41) is 0. The maximum absolute atomic E-state index is 12.1. The lowest BCUT2D eigenvalue weighted by atomic mass is 10.1. The van der Waals surface area contributed by atoms with Crippen LogP contribution in [0.15, 0.2) is 18.2 Å². The minimum atomic E-state index is 0.176. The summed E-state index contributed by atoms with van der Waals surface area (Å²) in [6.45, 7) is 6.08. The summed E-state index contributed by atoms with van der Waals surface area (Å²) in [5.41, 5.74) is 2.28. The van der Waals surface area contributed by atoms with Gasteiger partial charge in [0.2, 0.25) is 5.91 Å². The molecule has 0 saturated carbocycles. The van der Waals surface area contributed by atoms with Crippen molar-refractivity contribution in [1.82, 2.24) is 4.90 Å². The highest BCUT2D eigenvalue weighted by Crippen LogP contribution is 2.19. The van der Waals surface area contributed by atoms with Crippen molar-refractivity contribution in [3.05, 3.63) is 29.3 Å². The smallest absolute Gasteiger partial charge is 0.226 e. The monoisotopic (exact) mass is 291 g/mol. The molecule has 0 spiro atoms. The lowest BCUT2D eigenvalue weighted by Gasteiger charge is -2.31. The third-order valence-electron chi connectivity index (χ3n) is 4.05. The molecule has 2 rings (SSSR count). The second kappa shape index (κ2) is 7.46. The molecule has 1 saturated heterocycles. The van der Waals surface area contributed by atoms with Gasteiger partial charge in [-0.1, -0.05) is 12.1 Å². The summed E-state index contributed by atoms with van der Waals surface area (Å²) in [6.07, 6.45) is 2.60. The molecule has 4 nitrogen and oxygen atoms in total. The van der Waals surface area contributed by atoms with Crippen molar-refractivity contribution in [2.75, 3.05) is 26.8 Å². The van der Waals surface area contributed by atoms with Gasteiger partial charge in [0.25, 0.3) is 0 Å². The number of carbonyl (C=O) groups excluding carboxylic acids is 1. The molecule has 1 aromatic rings. The first-order valence-electron chi connectivity index (χ1n) is 7.61. The minimum absolute atomic E-state index is 0.176. The summed E-state index contributed by atoms with van der Waals surface area (Å²) in [6, 6.07) is 6.12. The van der Waals surface area contributed by atoms with Gasteiger partial charge in [-0.3, -0.25) is 4.79 Å². The lowest BCUT2D eigenvalue weighted by Crippen LogP contribution is -2.41. The van der Waals surface area contributed by atoms with E-state index in [2.05, 4.69) is 6.07 Å². The van der Waals surface area contributed by atoms with E-state index in [1.54, 1.807) is 7.11 Å². The van der Waals surface area contributed by atoms with E-state index in [1.165, 1.54) is 5.56 Å². The number of rotatable bonds is 5. The molecule has 1 aromatic carbocycles. The van der Waals surface area contributed by atoms with E-state index in [0.29, 0.717) is 19.1 Å². The van der Waals surface area contributed by atoms with Crippen LogP contribution >= 0.6 is 0 Å². The van der Waals surface area contributed by atoms with Crippen molar-refractivity contribution in [3.8, 4) is 5.75 Å². The summed E-state index contributed by atoms with van der Waals surface area (Å²) in [4.78, 5) is 14.1. The summed E-state index contributed by atoms with van der Waals surface area (Å²) < 4.78 is 11.1. The van der Waals surface area contributed by atoms with E-state index in [0.717, 1.165) is 37.2 Å². The molecular formula is C17H25NO3. The number of amides is 1. The van der Waals surface area contributed by atoms with Crippen LogP contribution in [0.2, 0.25) is 0 Å². The zero-order valence-electron chi connectivity index (χ0n) is 13.2. The molecule has 0 atom stereocenters. The molecule has 116 valence electrons. The molecule has 0 bridgehead atoms. The molecule has 0 N–H and O–H groups in total. The van der Waals surface area contributed by atoms with Gasteiger partial charge in [0, 0.05) is 20.2 Å². The molecular weight excluding hydrogens is 266 g/mol. The Morgan fingerprint density at radius 1 is 1.29 bits per heavy atom. The normalized spacial score (nSPS) is 16.0. The maximum Gasteiger partial charge on any atom is 0.226 e. The topological polar surface area (TPSA) is 38.8 Å². The number of methoxy groups -OCH3 is 1. The Balaban J connectivity index is 1.76. The number of benzene rings is 1. The van der Waals surface area contributed by atoms with Crippen molar-refractivity contribution in [2.45, 2.75) is 39.2 Å². The Kier molecular flexibility index (Phi) is 5.62. The van der Waals surface area contributed by atoms with Gasteiger partial charge in [0.1, 0.15) is 5.75 Å². The van der Waals surface area contributed by atoms with Crippen LogP contribution in [0.25, 0.3) is 0 Å². The average Bonchev–Trinajstić information content (AvgIpc) is 2.50. The summed E-state index contributed by atoms with van der Waals surface area (Å²) in [7, 11) is 1.74. The zero-order valence-corrected chi connectivity index (χ0v) is 13.2. The Morgan fingerprint density at radius 3 is 2.67 bits per heavy atom. The highest BCUT2D eigenvalue weighted by molar-refractivity contribution is 5.76. The number of hydrogen-bond acceptors (Lipinski definition) is 3. The molecule has 0 radical (unpaired) electrons. The Bertz CT molecular complexity index is 479. The fourth-order valence-electron chi connectivity index (χ4n) is 2.61. The third-order valence-corrected chi connectivity index (χ3v) is 4.05. The molecule has 1 heterocycles. The Morgan fingerprint density at radius 2 is 2.00 bits per heavy atom. The molecule has 0 unspecified atom stereocenters. The van der Waals surface area contributed by atoms with Gasteiger partial charge in [0.15, 0.2) is 0 Å². The van der Waals surface area contributed by atoms with Crippen molar-refractivity contribution >= 4 is 5.91 Å². The van der Waals surface area contributed by atoms with Crippen molar-refractivity contribution in [3.63, 3.8) is 0 Å². The zero-order chi connectivity index (χ0) is 15.2. The number of carbonyl (C=O) groups is 1. The Hall–Kier alpha value is -1.55. The van der Waals surface area contributed by atoms with Gasteiger partial charge >= 0.3 is 0 Å². The van der Waals surface area contributed by atoms with Crippen LogP contribution in [0.5, 0.6) is 5.75 Å². The van der Waals surface area contributed by atoms with Gasteiger partial charge in [-0.2, -0.15) is 0 Å². The maximum atomic E-state index is 12.1. The Labute approximate surface area is 127 Å². The number of aryl methyl sites for hydroxylation is 2. The third kappa shape index (κ3) is 4.46. The van der Waals surface area contributed by atoms with Gasteiger partial charge in [-0.25, -0.2) is 0 Å². The van der Waals surface area contributed by atoms with Crippen molar-refractivity contribution in [1.29, 1.82) is 0 Å². The number of hydrogen-bond donors (Lipinski definition) is 0. The van der Waals surface area contributed by atoms with Crippen LogP contribution < -0.4 is 4.74 Å². The molecule has 1 aliphatic rings. The second-order valence-corrected chi connectivity index (χ2v) is 5.68. The van der Waals surface area contributed by atoms with Crippen LogP contribution in [0, 0.1) is 13.8 Å². The second-order valence-electron chi connectivity index (χ2n) is 5.68. The van der Waals surface area contributed by atoms with Crippen LogP contribution in [0.3, 0.4) is 0 Å². The van der Waals surface area contributed by atoms with Gasteiger partial charge in [-0.05, 0) is 43.9 Å². The minimum Gasteiger partial charge on any atom is -0.493 e. The van der Waals surface area contributed by atoms with E-state index < -0.39 is 0 Å². The van der Waals surface area contributed by atoms with Crippen LogP contribution in [-0.4, -0.2) is 43.7 Å². The van der Waals surface area contributed by atoms with E-state index in [4.69, 9.17) is 9.47 Å². The quantitative estimate of drug-likeness (QED) is 0.837. The molecule has 1 fully saturated rings. The van der Waals surface area contributed by atoms with E-state index >= 15 is 0 Å². The predicted molar refractivity (Wildman–Crippen MR) is 82.6 cm³/mol. The summed E-state index contributed by atoms with van der Waals surface area (Å²) in [5.74, 6) is 1.05. The predicted octanol–water partition coefficient (Wildman–Crippen LogP) is 2.71. The van der Waals surface area contributed by atoms with Gasteiger partial charge < -0.3 is 14.4 Å². The largest absolute Gasteiger partial charge is 0.493 e. The lowest BCUT2D eigenvalue weighted by molar-refractivity contribution is -0.134. The molecule has 0 aliphatic carbocycles. The number of likely N-dealkylation sites (tertiary alicyclic amines) is 1. The molecule has 1 amide bonds. The van der Waals surface area contributed by atoms with Crippen LogP contribution in [0.1, 0.15) is 30.4 Å². The first-order valence-corrected chi connectivity index (χ1v) is 7.61. The number of nitrogens with zero attached hydrogens (tertiary/aromatic N) is 1. The average molecular weight is 291 g/mol. The van der Waals surface area contributed by atoms with Crippen LogP contribution in [-0.2, 0) is 9.53 Å². The fourth-order valence-corrected chi connectivity index (χ4v) is 2.61. The molecule has 1 aliphatic heterocycles. The van der Waals surface area contributed by atoms with Crippen molar-refractivity contribution < 1.29 is 14.3 Å². The van der Waals surface area contributed by atoms with Gasteiger partial charge in [-0.15, -0.1) is 0 Å². The first-order chi connectivity index (χ1) is 10.1. The number of piperidine rings is 1. The van der Waals surface area contributed by atoms with Gasteiger partial charge in [0.05, 0.1) is 19.1 Å². The SMILES string of the molecule is COC1CCN(C(=O)CCOc2cc(C)ccc2C)CC1.